The van der Waals surface area contributed by atoms with Gasteiger partial charge >= 0.3 is 5.97 Å². The van der Waals surface area contributed by atoms with Gasteiger partial charge in [0.05, 0.1) is 12.7 Å². The van der Waals surface area contributed by atoms with Crippen molar-refractivity contribution in [1.82, 2.24) is 9.80 Å². The number of nitrogens with zero attached hydrogens (tertiary/aromatic N) is 2. The number of rotatable bonds is 5. The van der Waals surface area contributed by atoms with E-state index in [1.165, 1.54) is 19.3 Å². The van der Waals surface area contributed by atoms with Crippen LogP contribution < -0.4 is 4.74 Å². The summed E-state index contributed by atoms with van der Waals surface area (Å²) < 4.78 is 11.1. The van der Waals surface area contributed by atoms with Crippen LogP contribution in [-0.2, 0) is 15.1 Å². The van der Waals surface area contributed by atoms with E-state index in [9.17, 15) is 9.59 Å². The van der Waals surface area contributed by atoms with E-state index in [2.05, 4.69) is 4.90 Å². The number of ether oxygens (including phenoxy) is 2. The molecule has 158 valence electrons. The molecule has 0 bridgehead atoms. The van der Waals surface area contributed by atoms with E-state index in [1.807, 2.05) is 24.1 Å². The molecular formula is C23H32N2O4. The number of methoxy groups -OCH3 is 1. The summed E-state index contributed by atoms with van der Waals surface area (Å²) in [5.74, 6) is 0.642. The number of likely N-dealkylation sites (tertiary alicyclic amines) is 1. The van der Waals surface area contributed by atoms with Gasteiger partial charge in [0.2, 0.25) is 5.91 Å². The molecule has 4 rings (SSSR count). The lowest BCUT2D eigenvalue weighted by Gasteiger charge is -2.37. The van der Waals surface area contributed by atoms with E-state index < -0.39 is 5.60 Å². The van der Waals surface area contributed by atoms with Crippen LogP contribution in [0, 0.1) is 5.92 Å². The summed E-state index contributed by atoms with van der Waals surface area (Å²) in [6.45, 7) is 4.07. The zero-order chi connectivity index (χ0) is 20.4. The molecule has 29 heavy (non-hydrogen) atoms. The highest BCUT2D eigenvalue weighted by Crippen LogP contribution is 2.48. The first-order chi connectivity index (χ1) is 14.0. The summed E-state index contributed by atoms with van der Waals surface area (Å²) in [5, 5.41) is 0. The second-order valence-corrected chi connectivity index (χ2v) is 8.73. The van der Waals surface area contributed by atoms with Crippen LogP contribution in [0.5, 0.6) is 5.75 Å². The minimum absolute atomic E-state index is 0.0213. The van der Waals surface area contributed by atoms with Gasteiger partial charge in [0.25, 0.3) is 0 Å². The molecule has 0 atom stereocenters. The Morgan fingerprint density at radius 3 is 2.66 bits per heavy atom. The Labute approximate surface area is 173 Å². The van der Waals surface area contributed by atoms with Gasteiger partial charge in [-0.3, -0.25) is 4.79 Å². The van der Waals surface area contributed by atoms with Crippen molar-refractivity contribution in [3.05, 3.63) is 29.3 Å². The molecule has 3 aliphatic rings. The van der Waals surface area contributed by atoms with Crippen LogP contribution >= 0.6 is 0 Å². The van der Waals surface area contributed by atoms with E-state index in [4.69, 9.17) is 9.47 Å². The van der Waals surface area contributed by atoms with Crippen molar-refractivity contribution < 1.29 is 19.1 Å². The number of amides is 1. The number of piperidine rings is 1. The Morgan fingerprint density at radius 1 is 1.24 bits per heavy atom. The lowest BCUT2D eigenvalue weighted by molar-refractivity contribution is -0.137. The fraction of sp³-hybridized carbons (Fsp3) is 0.652. The fourth-order valence-electron chi connectivity index (χ4n) is 5.10. The number of esters is 1. The molecule has 1 saturated carbocycles. The average Bonchev–Trinajstić information content (AvgIpc) is 3.03. The molecule has 0 unspecified atom stereocenters. The van der Waals surface area contributed by atoms with E-state index >= 15 is 0 Å². The van der Waals surface area contributed by atoms with Crippen molar-refractivity contribution in [3.8, 4) is 5.75 Å². The lowest BCUT2D eigenvalue weighted by Crippen LogP contribution is -2.43. The Hall–Kier alpha value is -2.08. The zero-order valence-electron chi connectivity index (χ0n) is 17.6. The summed E-state index contributed by atoms with van der Waals surface area (Å²) >= 11 is 0. The first-order valence-electron chi connectivity index (χ1n) is 10.9. The first kappa shape index (κ1) is 20.2. The van der Waals surface area contributed by atoms with E-state index in [-0.39, 0.29) is 17.8 Å². The third-order valence-corrected chi connectivity index (χ3v) is 6.94. The van der Waals surface area contributed by atoms with Crippen LogP contribution in [0.1, 0.15) is 60.9 Å². The second kappa shape index (κ2) is 8.34. The molecule has 1 aromatic rings. The van der Waals surface area contributed by atoms with Gasteiger partial charge in [-0.1, -0.05) is 12.5 Å². The van der Waals surface area contributed by atoms with Gasteiger partial charge in [-0.05, 0) is 63.7 Å². The molecule has 1 spiro atoms. The lowest BCUT2D eigenvalue weighted by atomic mass is 9.74. The maximum Gasteiger partial charge on any atom is 0.339 e. The van der Waals surface area contributed by atoms with Crippen molar-refractivity contribution in [3.63, 3.8) is 0 Å². The van der Waals surface area contributed by atoms with Crippen LogP contribution in [0.2, 0.25) is 0 Å². The molecular weight excluding hydrogens is 367 g/mol. The van der Waals surface area contributed by atoms with Crippen molar-refractivity contribution >= 4 is 11.9 Å². The molecule has 1 amide bonds. The molecule has 2 heterocycles. The zero-order valence-corrected chi connectivity index (χ0v) is 17.6. The standard InChI is InChI=1S/C23H32N2O4/c1-24(14-15-25-12-4-3-5-13-25)21(26)17-8-10-23(11-9-17)20-7-6-18(28-2)16-19(20)22(27)29-23/h6-7,16-17H,3-5,8-15H2,1-2H3/i2-1. The highest BCUT2D eigenvalue weighted by molar-refractivity contribution is 5.95. The molecule has 0 N–H and O–H groups in total. The fourth-order valence-corrected chi connectivity index (χ4v) is 5.10. The Morgan fingerprint density at radius 2 is 1.97 bits per heavy atom. The number of hydrogen-bond acceptors (Lipinski definition) is 5. The molecule has 1 saturated heterocycles. The predicted octanol–water partition coefficient (Wildman–Crippen LogP) is 3.20. The third kappa shape index (κ3) is 4.00. The third-order valence-electron chi connectivity index (χ3n) is 6.94. The van der Waals surface area contributed by atoms with Crippen molar-refractivity contribution in [2.75, 3.05) is 40.3 Å². The molecule has 2 aliphatic heterocycles. The number of fused-ring (bicyclic) bond motifs is 2. The van der Waals surface area contributed by atoms with Crippen molar-refractivity contribution in [2.24, 2.45) is 5.92 Å². The average molecular weight is 400 g/mol. The van der Waals surface area contributed by atoms with Crippen molar-refractivity contribution in [1.29, 1.82) is 0 Å². The summed E-state index contributed by atoms with van der Waals surface area (Å²) in [4.78, 5) is 29.7. The van der Waals surface area contributed by atoms with Crippen molar-refractivity contribution in [2.45, 2.75) is 50.5 Å². The smallest absolute Gasteiger partial charge is 0.339 e. The summed E-state index contributed by atoms with van der Waals surface area (Å²) in [7, 11) is 3.52. The Balaban J connectivity index is 1.35. The summed E-state index contributed by atoms with van der Waals surface area (Å²) in [6.07, 6.45) is 6.79. The van der Waals surface area contributed by atoms with Gasteiger partial charge in [0.15, 0.2) is 0 Å². The van der Waals surface area contributed by atoms with E-state index in [0.717, 1.165) is 44.6 Å². The molecule has 0 radical (unpaired) electrons. The Bertz CT molecular complexity index is 764. The van der Waals surface area contributed by atoms with Crippen LogP contribution in [0.25, 0.3) is 0 Å². The maximum absolute atomic E-state index is 13.0. The van der Waals surface area contributed by atoms with E-state index in [0.29, 0.717) is 24.2 Å². The normalized spacial score (nSPS) is 26.8. The number of likely N-dealkylation sites (N-methyl/N-ethyl adjacent to an activating group) is 1. The second-order valence-electron chi connectivity index (χ2n) is 8.73. The van der Waals surface area contributed by atoms with Gasteiger partial charge in [-0.25, -0.2) is 4.79 Å². The quantitative estimate of drug-likeness (QED) is 0.712. The summed E-state index contributed by atoms with van der Waals surface area (Å²) in [6, 6.07) is 5.60. The molecule has 6 heteroatoms. The molecule has 1 aromatic carbocycles. The largest absolute Gasteiger partial charge is 0.497 e. The highest BCUT2D eigenvalue weighted by atomic mass is 16.6. The molecule has 6 nitrogen and oxygen atoms in total. The van der Waals surface area contributed by atoms with Gasteiger partial charge in [0, 0.05) is 31.6 Å². The molecule has 2 fully saturated rings. The molecule has 1 aliphatic carbocycles. The number of carbonyl (C=O) groups excluding carboxylic acids is 2. The van der Waals surface area contributed by atoms with Crippen LogP contribution in [0.15, 0.2) is 18.2 Å². The Kier molecular flexibility index (Phi) is 5.81. The summed E-state index contributed by atoms with van der Waals surface area (Å²) in [5.41, 5.74) is 0.988. The number of carbonyl (C=O) groups is 2. The molecule has 0 aromatic heterocycles. The number of hydrogen-bond donors (Lipinski definition) is 0. The minimum atomic E-state index is -0.568. The maximum atomic E-state index is 13.0. The topological polar surface area (TPSA) is 59.1 Å². The SMILES string of the molecule is CN(CCN1CCCCC1)C(=O)C1CCC2(CC1)OC(=O)c1cc(O[11CH3])ccc12. The van der Waals surface area contributed by atoms with Crippen LogP contribution in [-0.4, -0.2) is 62.0 Å². The predicted molar refractivity (Wildman–Crippen MR) is 110 cm³/mol. The van der Waals surface area contributed by atoms with Crippen LogP contribution in [0.4, 0.5) is 0 Å². The van der Waals surface area contributed by atoms with Gasteiger partial charge in [-0.15, -0.1) is 0 Å². The minimum Gasteiger partial charge on any atom is -0.497 e. The monoisotopic (exact) mass is 399 g/mol. The van der Waals surface area contributed by atoms with Gasteiger partial charge in [-0.2, -0.15) is 0 Å². The first-order valence-corrected chi connectivity index (χ1v) is 10.9. The number of benzene rings is 1. The van der Waals surface area contributed by atoms with Gasteiger partial charge < -0.3 is 19.3 Å². The van der Waals surface area contributed by atoms with Gasteiger partial charge in [0.1, 0.15) is 11.4 Å². The van der Waals surface area contributed by atoms with E-state index in [1.54, 1.807) is 13.2 Å². The highest BCUT2D eigenvalue weighted by Gasteiger charge is 2.48. The van der Waals surface area contributed by atoms with Crippen LogP contribution in [0.3, 0.4) is 0 Å².